The number of hydrogen-bond donors (Lipinski definition) is 1. The molecule has 0 aliphatic carbocycles. The standard InChI is InChI=1S/C10H12BrN3O/c1-4-7(3)13-8-6-12-14(5-2)10(15)9(8)11/h1,6-7,13H,5H2,2-3H3. The molecule has 1 N–H and O–H groups in total. The Balaban J connectivity index is 3.08. The summed E-state index contributed by atoms with van der Waals surface area (Å²) in [5, 5.41) is 6.98. The van der Waals surface area contributed by atoms with E-state index in [1.54, 1.807) is 6.20 Å². The van der Waals surface area contributed by atoms with Crippen LogP contribution in [0.2, 0.25) is 0 Å². The Kier molecular flexibility index (Phi) is 3.92. The molecular formula is C10H12BrN3O. The molecule has 0 aliphatic rings. The van der Waals surface area contributed by atoms with E-state index >= 15 is 0 Å². The Labute approximate surface area is 96.8 Å². The van der Waals surface area contributed by atoms with Crippen LogP contribution in [0.5, 0.6) is 0 Å². The summed E-state index contributed by atoms with van der Waals surface area (Å²) in [4.78, 5) is 11.7. The molecule has 0 bridgehead atoms. The van der Waals surface area contributed by atoms with Gasteiger partial charge in [0.15, 0.2) is 0 Å². The van der Waals surface area contributed by atoms with Gasteiger partial charge in [0.05, 0.1) is 17.9 Å². The lowest BCUT2D eigenvalue weighted by Crippen LogP contribution is -2.25. The van der Waals surface area contributed by atoms with Crippen LogP contribution < -0.4 is 10.9 Å². The van der Waals surface area contributed by atoms with Crippen molar-refractivity contribution >= 4 is 21.6 Å². The van der Waals surface area contributed by atoms with E-state index in [9.17, 15) is 4.79 Å². The van der Waals surface area contributed by atoms with Crippen LogP contribution in [-0.4, -0.2) is 15.8 Å². The molecule has 1 aromatic rings. The second kappa shape index (κ2) is 4.99. The van der Waals surface area contributed by atoms with E-state index in [1.165, 1.54) is 4.68 Å². The summed E-state index contributed by atoms with van der Waals surface area (Å²) in [6, 6.07) is -0.139. The molecule has 0 amide bonds. The first-order valence-corrected chi connectivity index (χ1v) is 5.37. The monoisotopic (exact) mass is 269 g/mol. The molecule has 1 rings (SSSR count). The minimum atomic E-state index is -0.160. The van der Waals surface area contributed by atoms with Crippen LogP contribution in [0.3, 0.4) is 0 Å². The van der Waals surface area contributed by atoms with Gasteiger partial charge in [-0.2, -0.15) is 5.10 Å². The molecule has 80 valence electrons. The Morgan fingerprint density at radius 3 is 3.00 bits per heavy atom. The van der Waals surface area contributed by atoms with Crippen LogP contribution in [0.25, 0.3) is 0 Å². The van der Waals surface area contributed by atoms with Crippen molar-refractivity contribution in [3.05, 3.63) is 21.0 Å². The SMILES string of the molecule is C#CC(C)Nc1cnn(CC)c(=O)c1Br. The normalized spacial score (nSPS) is 11.9. The summed E-state index contributed by atoms with van der Waals surface area (Å²) in [5.41, 5.74) is 0.460. The fourth-order valence-corrected chi connectivity index (χ4v) is 1.49. The molecule has 1 unspecified atom stereocenters. The number of anilines is 1. The first-order chi connectivity index (χ1) is 7.10. The second-order valence-corrected chi connectivity index (χ2v) is 3.82. The molecule has 0 aliphatic heterocycles. The first-order valence-electron chi connectivity index (χ1n) is 4.58. The van der Waals surface area contributed by atoms with Gasteiger partial charge in [-0.3, -0.25) is 4.79 Å². The number of hydrogen-bond acceptors (Lipinski definition) is 3. The third-order valence-corrected chi connectivity index (χ3v) is 2.67. The predicted molar refractivity (Wildman–Crippen MR) is 63.8 cm³/mol. The summed E-state index contributed by atoms with van der Waals surface area (Å²) in [7, 11) is 0. The van der Waals surface area contributed by atoms with Crippen LogP contribution in [0, 0.1) is 12.3 Å². The average Bonchev–Trinajstić information content (AvgIpc) is 2.25. The van der Waals surface area contributed by atoms with Crippen molar-refractivity contribution in [3.8, 4) is 12.3 Å². The molecule has 0 aromatic carbocycles. The quantitative estimate of drug-likeness (QED) is 0.846. The van der Waals surface area contributed by atoms with Crippen molar-refractivity contribution in [2.24, 2.45) is 0 Å². The smallest absolute Gasteiger partial charge is 0.283 e. The largest absolute Gasteiger partial charge is 0.369 e. The predicted octanol–water partition coefficient (Wildman–Crippen LogP) is 1.46. The number of halogens is 1. The number of nitrogens with zero attached hydrogens (tertiary/aromatic N) is 2. The second-order valence-electron chi connectivity index (χ2n) is 3.03. The number of rotatable bonds is 3. The lowest BCUT2D eigenvalue weighted by molar-refractivity contribution is 0.612. The van der Waals surface area contributed by atoms with Crippen LogP contribution in [0.15, 0.2) is 15.5 Å². The highest BCUT2D eigenvalue weighted by Gasteiger charge is 2.08. The molecule has 0 spiro atoms. The maximum atomic E-state index is 11.7. The van der Waals surface area contributed by atoms with E-state index in [4.69, 9.17) is 6.42 Å². The molecular weight excluding hydrogens is 258 g/mol. The topological polar surface area (TPSA) is 46.9 Å². The summed E-state index contributed by atoms with van der Waals surface area (Å²) in [6.07, 6.45) is 6.82. The van der Waals surface area contributed by atoms with E-state index in [1.807, 2.05) is 13.8 Å². The van der Waals surface area contributed by atoms with Gasteiger partial charge in [0, 0.05) is 6.54 Å². The lowest BCUT2D eigenvalue weighted by atomic mass is 10.3. The van der Waals surface area contributed by atoms with E-state index in [0.717, 1.165) is 0 Å². The van der Waals surface area contributed by atoms with Gasteiger partial charge in [-0.25, -0.2) is 4.68 Å². The van der Waals surface area contributed by atoms with Crippen LogP contribution >= 0.6 is 15.9 Å². The molecule has 0 saturated heterocycles. The lowest BCUT2D eigenvalue weighted by Gasteiger charge is -2.11. The molecule has 4 nitrogen and oxygen atoms in total. The number of terminal acetylenes is 1. The molecule has 0 fully saturated rings. The highest BCUT2D eigenvalue weighted by atomic mass is 79.9. The molecule has 1 aromatic heterocycles. The zero-order valence-corrected chi connectivity index (χ0v) is 10.2. The zero-order chi connectivity index (χ0) is 11.4. The highest BCUT2D eigenvalue weighted by Crippen LogP contribution is 2.16. The van der Waals surface area contributed by atoms with Gasteiger partial charge in [0.1, 0.15) is 4.47 Å². The summed E-state index contributed by atoms with van der Waals surface area (Å²) in [5.74, 6) is 2.52. The van der Waals surface area contributed by atoms with Gasteiger partial charge >= 0.3 is 0 Å². The van der Waals surface area contributed by atoms with Crippen molar-refractivity contribution in [3.63, 3.8) is 0 Å². The zero-order valence-electron chi connectivity index (χ0n) is 8.62. The molecule has 5 heteroatoms. The fraction of sp³-hybridized carbons (Fsp3) is 0.400. The molecule has 0 saturated carbocycles. The van der Waals surface area contributed by atoms with Crippen molar-refractivity contribution in [2.75, 3.05) is 5.32 Å². The maximum absolute atomic E-state index is 11.7. The van der Waals surface area contributed by atoms with Crippen molar-refractivity contribution in [2.45, 2.75) is 26.4 Å². The summed E-state index contributed by atoms with van der Waals surface area (Å²) >= 11 is 3.23. The Morgan fingerprint density at radius 1 is 1.80 bits per heavy atom. The van der Waals surface area contributed by atoms with E-state index < -0.39 is 0 Å². The van der Waals surface area contributed by atoms with Crippen LogP contribution in [-0.2, 0) is 6.54 Å². The molecule has 1 heterocycles. The van der Waals surface area contributed by atoms with Gasteiger partial charge in [0.25, 0.3) is 5.56 Å². The summed E-state index contributed by atoms with van der Waals surface area (Å²) in [6.45, 7) is 4.23. The Bertz CT molecular complexity index is 447. The third kappa shape index (κ3) is 2.60. The molecule has 0 radical (unpaired) electrons. The van der Waals surface area contributed by atoms with Crippen molar-refractivity contribution in [1.29, 1.82) is 0 Å². The molecule has 15 heavy (non-hydrogen) atoms. The summed E-state index contributed by atoms with van der Waals surface area (Å²) < 4.78 is 1.83. The number of nitrogens with one attached hydrogen (secondary N) is 1. The number of aryl methyl sites for hydroxylation is 1. The average molecular weight is 270 g/mol. The van der Waals surface area contributed by atoms with Crippen LogP contribution in [0.1, 0.15) is 13.8 Å². The van der Waals surface area contributed by atoms with E-state index in [2.05, 4.69) is 32.3 Å². The fourth-order valence-electron chi connectivity index (χ4n) is 1.07. The Morgan fingerprint density at radius 2 is 2.47 bits per heavy atom. The van der Waals surface area contributed by atoms with Crippen molar-refractivity contribution < 1.29 is 0 Å². The van der Waals surface area contributed by atoms with Gasteiger partial charge in [-0.15, -0.1) is 6.42 Å². The van der Waals surface area contributed by atoms with Gasteiger partial charge in [-0.05, 0) is 29.8 Å². The Hall–Kier alpha value is -1.28. The van der Waals surface area contributed by atoms with Gasteiger partial charge < -0.3 is 5.32 Å². The van der Waals surface area contributed by atoms with E-state index in [-0.39, 0.29) is 11.6 Å². The van der Waals surface area contributed by atoms with E-state index in [0.29, 0.717) is 16.7 Å². The minimum Gasteiger partial charge on any atom is -0.369 e. The third-order valence-electron chi connectivity index (χ3n) is 1.91. The van der Waals surface area contributed by atoms with Crippen molar-refractivity contribution in [1.82, 2.24) is 9.78 Å². The highest BCUT2D eigenvalue weighted by molar-refractivity contribution is 9.10. The van der Waals surface area contributed by atoms with Gasteiger partial charge in [-0.1, -0.05) is 5.92 Å². The number of aromatic nitrogens is 2. The molecule has 1 atom stereocenters. The minimum absolute atomic E-state index is 0.139. The van der Waals surface area contributed by atoms with Gasteiger partial charge in [0.2, 0.25) is 0 Å². The maximum Gasteiger partial charge on any atom is 0.283 e. The van der Waals surface area contributed by atoms with Crippen LogP contribution in [0.4, 0.5) is 5.69 Å². The first kappa shape index (κ1) is 11.8.